The molecule has 0 aliphatic heterocycles. The van der Waals surface area contributed by atoms with Crippen LogP contribution in [0.15, 0.2) is 16.7 Å². The van der Waals surface area contributed by atoms with E-state index in [9.17, 15) is 4.79 Å². The summed E-state index contributed by atoms with van der Waals surface area (Å²) in [5.74, 6) is 0.0600. The van der Waals surface area contributed by atoms with E-state index in [0.29, 0.717) is 26.3 Å². The van der Waals surface area contributed by atoms with Gasteiger partial charge >= 0.3 is 0 Å². The Morgan fingerprint density at radius 1 is 1.44 bits per heavy atom. The van der Waals surface area contributed by atoms with Crippen molar-refractivity contribution in [3.8, 4) is 0 Å². The van der Waals surface area contributed by atoms with Crippen LogP contribution >= 0.6 is 15.9 Å². The van der Waals surface area contributed by atoms with Gasteiger partial charge < -0.3 is 14.2 Å². The summed E-state index contributed by atoms with van der Waals surface area (Å²) in [5, 5.41) is 0. The number of nitrogens with zero attached hydrogens (tertiary/aromatic N) is 2. The molecule has 0 radical (unpaired) electrons. The van der Waals surface area contributed by atoms with Crippen LogP contribution in [0.1, 0.15) is 31.3 Å². The second kappa shape index (κ2) is 7.59. The van der Waals surface area contributed by atoms with Gasteiger partial charge in [-0.3, -0.25) is 4.79 Å². The normalized spacial score (nSPS) is 10.7. The predicted octanol–water partition coefficient (Wildman–Crippen LogP) is 2.77. The molecule has 4 nitrogen and oxygen atoms in total. The van der Waals surface area contributed by atoms with Crippen LogP contribution < -0.4 is 0 Å². The number of amides is 1. The largest absolute Gasteiger partial charge is 0.380 e. The van der Waals surface area contributed by atoms with Crippen LogP contribution in [0.5, 0.6) is 0 Å². The first-order valence-corrected chi connectivity index (χ1v) is 7.15. The van der Waals surface area contributed by atoms with Gasteiger partial charge in [0.1, 0.15) is 5.69 Å². The Hall–Kier alpha value is -0.810. The molecule has 1 amide bonds. The lowest BCUT2D eigenvalue weighted by Gasteiger charge is -2.21. The van der Waals surface area contributed by atoms with Crippen LogP contribution in [-0.4, -0.2) is 41.7 Å². The SMILES string of the molecule is CCOCCN(CC)C(=O)c1cc(Br)cn1CC. The van der Waals surface area contributed by atoms with E-state index in [1.165, 1.54) is 0 Å². The van der Waals surface area contributed by atoms with Gasteiger partial charge in [0.2, 0.25) is 0 Å². The molecule has 0 unspecified atom stereocenters. The molecular formula is C13H21BrN2O2. The van der Waals surface area contributed by atoms with Crippen molar-refractivity contribution in [3.63, 3.8) is 0 Å². The molecule has 0 saturated heterocycles. The number of rotatable bonds is 7. The fraction of sp³-hybridized carbons (Fsp3) is 0.615. The molecule has 0 spiro atoms. The van der Waals surface area contributed by atoms with Gasteiger partial charge in [-0.25, -0.2) is 0 Å². The summed E-state index contributed by atoms with van der Waals surface area (Å²) in [6.07, 6.45) is 1.93. The number of carbonyl (C=O) groups is 1. The molecule has 1 aromatic heterocycles. The minimum atomic E-state index is 0.0600. The van der Waals surface area contributed by atoms with E-state index in [0.717, 1.165) is 16.7 Å². The molecule has 1 heterocycles. The average Bonchev–Trinajstić information content (AvgIpc) is 2.75. The third kappa shape index (κ3) is 3.85. The molecule has 5 heteroatoms. The van der Waals surface area contributed by atoms with Crippen molar-refractivity contribution in [2.75, 3.05) is 26.3 Å². The van der Waals surface area contributed by atoms with Crippen molar-refractivity contribution in [3.05, 3.63) is 22.4 Å². The first-order valence-electron chi connectivity index (χ1n) is 6.36. The molecule has 0 fully saturated rings. The fourth-order valence-electron chi connectivity index (χ4n) is 1.80. The zero-order valence-electron chi connectivity index (χ0n) is 11.3. The summed E-state index contributed by atoms with van der Waals surface area (Å²) in [5.41, 5.74) is 0.725. The van der Waals surface area contributed by atoms with Crippen LogP contribution in [0.3, 0.4) is 0 Å². The van der Waals surface area contributed by atoms with Gasteiger partial charge in [0.05, 0.1) is 6.61 Å². The summed E-state index contributed by atoms with van der Waals surface area (Å²) in [4.78, 5) is 14.2. The lowest BCUT2D eigenvalue weighted by atomic mass is 10.3. The molecule has 102 valence electrons. The number of ether oxygens (including phenoxy) is 1. The van der Waals surface area contributed by atoms with Crippen LogP contribution in [0.25, 0.3) is 0 Å². The predicted molar refractivity (Wildman–Crippen MR) is 75.9 cm³/mol. The van der Waals surface area contributed by atoms with Gasteiger partial charge in [0.15, 0.2) is 0 Å². The average molecular weight is 317 g/mol. The minimum absolute atomic E-state index is 0.0600. The number of hydrogen-bond acceptors (Lipinski definition) is 2. The maximum absolute atomic E-state index is 12.4. The van der Waals surface area contributed by atoms with Crippen molar-refractivity contribution in [2.45, 2.75) is 27.3 Å². The van der Waals surface area contributed by atoms with Crippen molar-refractivity contribution in [1.82, 2.24) is 9.47 Å². The smallest absolute Gasteiger partial charge is 0.270 e. The molecule has 18 heavy (non-hydrogen) atoms. The lowest BCUT2D eigenvalue weighted by Crippen LogP contribution is -2.35. The number of hydrogen-bond donors (Lipinski definition) is 0. The molecule has 0 N–H and O–H groups in total. The van der Waals surface area contributed by atoms with E-state index in [2.05, 4.69) is 15.9 Å². The Kier molecular flexibility index (Phi) is 6.43. The van der Waals surface area contributed by atoms with E-state index in [4.69, 9.17) is 4.74 Å². The summed E-state index contributed by atoms with van der Waals surface area (Å²) in [7, 11) is 0. The Morgan fingerprint density at radius 3 is 2.72 bits per heavy atom. The summed E-state index contributed by atoms with van der Waals surface area (Å²) < 4.78 is 8.20. The monoisotopic (exact) mass is 316 g/mol. The van der Waals surface area contributed by atoms with E-state index < -0.39 is 0 Å². The lowest BCUT2D eigenvalue weighted by molar-refractivity contribution is 0.0659. The van der Waals surface area contributed by atoms with E-state index in [-0.39, 0.29) is 5.91 Å². The van der Waals surface area contributed by atoms with Gasteiger partial charge in [-0.05, 0) is 42.8 Å². The highest BCUT2D eigenvalue weighted by Crippen LogP contribution is 2.16. The van der Waals surface area contributed by atoms with Gasteiger partial charge in [-0.2, -0.15) is 0 Å². The highest BCUT2D eigenvalue weighted by atomic mass is 79.9. The highest BCUT2D eigenvalue weighted by Gasteiger charge is 2.18. The summed E-state index contributed by atoms with van der Waals surface area (Å²) in [6, 6.07) is 1.87. The van der Waals surface area contributed by atoms with Crippen molar-refractivity contribution >= 4 is 21.8 Å². The molecule has 0 aliphatic rings. The van der Waals surface area contributed by atoms with Gasteiger partial charge in [-0.15, -0.1) is 0 Å². The maximum Gasteiger partial charge on any atom is 0.270 e. The Labute approximate surface area is 117 Å². The van der Waals surface area contributed by atoms with E-state index in [1.807, 2.05) is 42.5 Å². The van der Waals surface area contributed by atoms with Crippen molar-refractivity contribution in [1.29, 1.82) is 0 Å². The number of likely N-dealkylation sites (N-methyl/N-ethyl adjacent to an activating group) is 1. The standard InChI is InChI=1S/C13H21BrN2O2/c1-4-15(7-8-18-6-3)13(17)12-9-11(14)10-16(12)5-2/h9-10H,4-8H2,1-3H3. The van der Waals surface area contributed by atoms with Crippen LogP contribution in [0.2, 0.25) is 0 Å². The number of aryl methyl sites for hydroxylation is 1. The molecule has 0 aliphatic carbocycles. The molecule has 0 saturated carbocycles. The zero-order chi connectivity index (χ0) is 13.5. The summed E-state index contributed by atoms with van der Waals surface area (Å²) in [6.45, 7) is 9.35. The van der Waals surface area contributed by atoms with Gasteiger partial charge in [0.25, 0.3) is 5.91 Å². The van der Waals surface area contributed by atoms with E-state index >= 15 is 0 Å². The third-order valence-electron chi connectivity index (χ3n) is 2.80. The van der Waals surface area contributed by atoms with E-state index in [1.54, 1.807) is 0 Å². The molecule has 0 atom stereocenters. The Balaban J connectivity index is 2.76. The third-order valence-corrected chi connectivity index (χ3v) is 3.24. The maximum atomic E-state index is 12.4. The quantitative estimate of drug-likeness (QED) is 0.725. The minimum Gasteiger partial charge on any atom is -0.380 e. The number of halogens is 1. The molecule has 1 rings (SSSR count). The highest BCUT2D eigenvalue weighted by molar-refractivity contribution is 9.10. The number of aromatic nitrogens is 1. The Bertz CT molecular complexity index is 390. The zero-order valence-corrected chi connectivity index (χ0v) is 12.9. The number of carbonyl (C=O) groups excluding carboxylic acids is 1. The van der Waals surface area contributed by atoms with Crippen LogP contribution in [0, 0.1) is 0 Å². The van der Waals surface area contributed by atoms with Crippen molar-refractivity contribution in [2.24, 2.45) is 0 Å². The first kappa shape index (κ1) is 15.2. The molecule has 0 aromatic carbocycles. The van der Waals surface area contributed by atoms with Gasteiger partial charge in [0, 0.05) is 36.9 Å². The topological polar surface area (TPSA) is 34.5 Å². The van der Waals surface area contributed by atoms with Crippen molar-refractivity contribution < 1.29 is 9.53 Å². The summed E-state index contributed by atoms with van der Waals surface area (Å²) >= 11 is 3.41. The van der Waals surface area contributed by atoms with Gasteiger partial charge in [-0.1, -0.05) is 0 Å². The fourth-order valence-corrected chi connectivity index (χ4v) is 2.26. The second-order valence-electron chi connectivity index (χ2n) is 3.91. The van der Waals surface area contributed by atoms with Crippen LogP contribution in [-0.2, 0) is 11.3 Å². The second-order valence-corrected chi connectivity index (χ2v) is 4.83. The Morgan fingerprint density at radius 2 is 2.17 bits per heavy atom. The first-order chi connectivity index (χ1) is 8.63. The molecule has 1 aromatic rings. The molecule has 0 bridgehead atoms. The molecular weight excluding hydrogens is 296 g/mol. The van der Waals surface area contributed by atoms with Crippen LogP contribution in [0.4, 0.5) is 0 Å².